The van der Waals surface area contributed by atoms with Crippen molar-refractivity contribution in [2.75, 3.05) is 13.1 Å². The molecule has 1 aromatic heterocycles. The van der Waals surface area contributed by atoms with Gasteiger partial charge in [-0.15, -0.1) is 11.3 Å². The molecule has 5 heteroatoms. The first-order valence-corrected chi connectivity index (χ1v) is 8.30. The van der Waals surface area contributed by atoms with E-state index in [9.17, 15) is 14.7 Å². The highest BCUT2D eigenvalue weighted by molar-refractivity contribution is 7.12. The van der Waals surface area contributed by atoms with Crippen LogP contribution in [0.15, 0.2) is 6.07 Å². The summed E-state index contributed by atoms with van der Waals surface area (Å²) < 4.78 is 0. The standard InChI is InChI=1S/C16H23NO3S/c1-4-12-8-17(9-15(12)19)16(20)6-5-14(18)13-7-10(2)21-11(13)3/h7,12,15,19H,4-6,8-9H2,1-3H3/t12-,15+/m0/s1. The monoisotopic (exact) mass is 309 g/mol. The summed E-state index contributed by atoms with van der Waals surface area (Å²) in [5, 5.41) is 9.84. The molecule has 0 unspecified atom stereocenters. The number of ketones is 1. The number of amides is 1. The molecule has 116 valence electrons. The van der Waals surface area contributed by atoms with Crippen LogP contribution in [-0.4, -0.2) is 40.9 Å². The van der Waals surface area contributed by atoms with Gasteiger partial charge in [-0.3, -0.25) is 9.59 Å². The lowest BCUT2D eigenvalue weighted by Crippen LogP contribution is -2.29. The van der Waals surface area contributed by atoms with Crippen molar-refractivity contribution in [2.45, 2.75) is 46.1 Å². The average molecular weight is 309 g/mol. The molecule has 1 aromatic rings. The summed E-state index contributed by atoms with van der Waals surface area (Å²) in [6.07, 6.45) is 0.934. The maximum atomic E-state index is 12.2. The predicted molar refractivity (Wildman–Crippen MR) is 83.7 cm³/mol. The third kappa shape index (κ3) is 3.71. The van der Waals surface area contributed by atoms with Crippen molar-refractivity contribution in [1.29, 1.82) is 0 Å². The molecule has 1 aliphatic heterocycles. The van der Waals surface area contributed by atoms with Gasteiger partial charge in [0.25, 0.3) is 0 Å². The minimum absolute atomic E-state index is 0.0250. The fourth-order valence-corrected chi connectivity index (χ4v) is 3.82. The maximum Gasteiger partial charge on any atom is 0.223 e. The van der Waals surface area contributed by atoms with Crippen molar-refractivity contribution >= 4 is 23.0 Å². The van der Waals surface area contributed by atoms with Crippen molar-refractivity contribution in [3.63, 3.8) is 0 Å². The van der Waals surface area contributed by atoms with E-state index in [4.69, 9.17) is 0 Å². The SMILES string of the molecule is CC[C@H]1CN(C(=O)CCC(=O)c2cc(C)sc2C)C[C@H]1O. The number of thiophene rings is 1. The summed E-state index contributed by atoms with van der Waals surface area (Å²) in [7, 11) is 0. The van der Waals surface area contributed by atoms with E-state index in [1.165, 1.54) is 0 Å². The molecular formula is C16H23NO3S. The third-order valence-corrected chi connectivity index (χ3v) is 5.16. The Morgan fingerprint density at radius 2 is 2.05 bits per heavy atom. The molecule has 1 fully saturated rings. The van der Waals surface area contributed by atoms with Crippen LogP contribution in [0.2, 0.25) is 0 Å². The second kappa shape index (κ2) is 6.71. The Labute approximate surface area is 129 Å². The number of carbonyl (C=O) groups is 2. The molecule has 1 aliphatic rings. The molecule has 4 nitrogen and oxygen atoms in total. The van der Waals surface area contributed by atoms with Gasteiger partial charge in [0.1, 0.15) is 0 Å². The largest absolute Gasteiger partial charge is 0.391 e. The zero-order chi connectivity index (χ0) is 15.6. The van der Waals surface area contributed by atoms with Crippen molar-refractivity contribution in [3.8, 4) is 0 Å². The lowest BCUT2D eigenvalue weighted by Gasteiger charge is -2.15. The van der Waals surface area contributed by atoms with E-state index in [1.54, 1.807) is 16.2 Å². The van der Waals surface area contributed by atoms with E-state index in [2.05, 4.69) is 0 Å². The summed E-state index contributed by atoms with van der Waals surface area (Å²) >= 11 is 1.61. The fraction of sp³-hybridized carbons (Fsp3) is 0.625. The molecule has 0 radical (unpaired) electrons. The van der Waals surface area contributed by atoms with Gasteiger partial charge in [0.2, 0.25) is 5.91 Å². The first-order valence-electron chi connectivity index (χ1n) is 7.48. The molecule has 0 bridgehead atoms. The van der Waals surface area contributed by atoms with Gasteiger partial charge >= 0.3 is 0 Å². The number of β-amino-alcohol motifs (C(OH)–C–C–N with tert-alkyl or cyclic N) is 1. The van der Waals surface area contributed by atoms with Gasteiger partial charge in [-0.05, 0) is 26.3 Å². The molecule has 21 heavy (non-hydrogen) atoms. The number of rotatable bonds is 5. The second-order valence-corrected chi connectivity index (χ2v) is 7.24. The normalized spacial score (nSPS) is 21.8. The van der Waals surface area contributed by atoms with Crippen LogP contribution in [0.1, 0.15) is 46.3 Å². The molecule has 0 spiro atoms. The van der Waals surface area contributed by atoms with E-state index < -0.39 is 6.10 Å². The molecule has 2 rings (SSSR count). The highest BCUT2D eigenvalue weighted by atomic mass is 32.1. The summed E-state index contributed by atoms with van der Waals surface area (Å²) in [5.74, 6) is 0.186. The van der Waals surface area contributed by atoms with Crippen LogP contribution in [0.25, 0.3) is 0 Å². The molecule has 1 saturated heterocycles. The van der Waals surface area contributed by atoms with Crippen LogP contribution >= 0.6 is 11.3 Å². The number of nitrogens with zero attached hydrogens (tertiary/aromatic N) is 1. The topological polar surface area (TPSA) is 57.6 Å². The molecule has 1 N–H and O–H groups in total. The number of hydrogen-bond donors (Lipinski definition) is 1. The number of carbonyl (C=O) groups excluding carboxylic acids is 2. The summed E-state index contributed by atoms with van der Waals surface area (Å²) in [5.41, 5.74) is 0.748. The molecule has 0 aliphatic carbocycles. The van der Waals surface area contributed by atoms with Crippen LogP contribution in [0.4, 0.5) is 0 Å². The first kappa shape index (κ1) is 16.2. The summed E-state index contributed by atoms with van der Waals surface area (Å²) in [6.45, 7) is 6.96. The van der Waals surface area contributed by atoms with Crippen molar-refractivity contribution < 1.29 is 14.7 Å². The van der Waals surface area contributed by atoms with E-state index in [1.807, 2.05) is 26.8 Å². The van der Waals surface area contributed by atoms with Gasteiger partial charge in [0.05, 0.1) is 6.10 Å². The smallest absolute Gasteiger partial charge is 0.223 e. The highest BCUT2D eigenvalue weighted by Crippen LogP contribution is 2.24. The van der Waals surface area contributed by atoms with Gasteiger partial charge in [-0.25, -0.2) is 0 Å². The van der Waals surface area contributed by atoms with Crippen molar-refractivity contribution in [2.24, 2.45) is 5.92 Å². The number of hydrogen-bond acceptors (Lipinski definition) is 4. The van der Waals surface area contributed by atoms with Crippen LogP contribution in [-0.2, 0) is 4.79 Å². The number of Topliss-reactive ketones (excluding diaryl/α,β-unsaturated/α-hetero) is 1. The van der Waals surface area contributed by atoms with Crippen LogP contribution < -0.4 is 0 Å². The first-order chi connectivity index (χ1) is 9.92. The second-order valence-electron chi connectivity index (χ2n) is 5.78. The van der Waals surface area contributed by atoms with Gasteiger partial charge in [0.15, 0.2) is 5.78 Å². The Hall–Kier alpha value is -1.20. The van der Waals surface area contributed by atoms with Gasteiger partial charge < -0.3 is 10.0 Å². The van der Waals surface area contributed by atoms with Gasteiger partial charge in [-0.1, -0.05) is 6.92 Å². The van der Waals surface area contributed by atoms with E-state index in [-0.39, 0.29) is 30.4 Å². The Morgan fingerprint density at radius 3 is 2.57 bits per heavy atom. The highest BCUT2D eigenvalue weighted by Gasteiger charge is 2.32. The number of aliphatic hydroxyl groups is 1. The number of aryl methyl sites for hydroxylation is 2. The number of aliphatic hydroxyl groups excluding tert-OH is 1. The summed E-state index contributed by atoms with van der Waals surface area (Å²) in [6, 6.07) is 1.90. The number of likely N-dealkylation sites (tertiary alicyclic amines) is 1. The molecular weight excluding hydrogens is 286 g/mol. The Kier molecular flexibility index (Phi) is 5.17. The molecule has 0 aromatic carbocycles. The molecule has 0 saturated carbocycles. The zero-order valence-corrected chi connectivity index (χ0v) is 13.7. The maximum absolute atomic E-state index is 12.2. The minimum atomic E-state index is -0.420. The van der Waals surface area contributed by atoms with Crippen LogP contribution in [0, 0.1) is 19.8 Å². The quantitative estimate of drug-likeness (QED) is 0.850. The molecule has 2 heterocycles. The van der Waals surface area contributed by atoms with Gasteiger partial charge in [0, 0.05) is 47.2 Å². The Bertz CT molecular complexity index is 538. The molecule has 1 amide bonds. The van der Waals surface area contributed by atoms with Gasteiger partial charge in [-0.2, -0.15) is 0 Å². The minimum Gasteiger partial charge on any atom is -0.391 e. The van der Waals surface area contributed by atoms with E-state index >= 15 is 0 Å². The lowest BCUT2D eigenvalue weighted by atomic mass is 10.0. The third-order valence-electron chi connectivity index (χ3n) is 4.19. The Balaban J connectivity index is 1.87. The zero-order valence-electron chi connectivity index (χ0n) is 12.9. The predicted octanol–water partition coefficient (Wildman–Crippen LogP) is 2.56. The summed E-state index contributed by atoms with van der Waals surface area (Å²) in [4.78, 5) is 28.1. The Morgan fingerprint density at radius 1 is 1.33 bits per heavy atom. The van der Waals surface area contributed by atoms with Crippen molar-refractivity contribution in [3.05, 3.63) is 21.4 Å². The fourth-order valence-electron chi connectivity index (χ4n) is 2.88. The van der Waals surface area contributed by atoms with Crippen molar-refractivity contribution in [1.82, 2.24) is 4.90 Å². The van der Waals surface area contributed by atoms with Crippen LogP contribution in [0.3, 0.4) is 0 Å². The average Bonchev–Trinajstić information content (AvgIpc) is 2.98. The van der Waals surface area contributed by atoms with E-state index in [0.717, 1.165) is 21.7 Å². The van der Waals surface area contributed by atoms with E-state index in [0.29, 0.717) is 13.1 Å². The lowest BCUT2D eigenvalue weighted by molar-refractivity contribution is -0.130. The molecule has 2 atom stereocenters. The van der Waals surface area contributed by atoms with Crippen LogP contribution in [0.5, 0.6) is 0 Å².